The van der Waals surface area contributed by atoms with Gasteiger partial charge in [-0.05, 0) is 25.1 Å². The number of hydrogen-bond donors (Lipinski definition) is 2. The van der Waals surface area contributed by atoms with Crippen LogP contribution in [0.4, 0.5) is 24.5 Å². The molecule has 1 aromatic carbocycles. The van der Waals surface area contributed by atoms with Crippen LogP contribution >= 0.6 is 0 Å². The molecule has 0 bridgehead atoms. The van der Waals surface area contributed by atoms with Crippen molar-refractivity contribution in [3.63, 3.8) is 0 Å². The molecule has 118 valence electrons. The number of carbonyl (C=O) groups is 1. The van der Waals surface area contributed by atoms with Crippen LogP contribution in [0.5, 0.6) is 0 Å². The minimum absolute atomic E-state index is 0.0561. The summed E-state index contributed by atoms with van der Waals surface area (Å²) < 4.78 is 40.4. The molecule has 0 saturated heterocycles. The van der Waals surface area contributed by atoms with E-state index in [1.54, 1.807) is 4.90 Å². The van der Waals surface area contributed by atoms with Gasteiger partial charge in [0.1, 0.15) is 6.61 Å². The van der Waals surface area contributed by atoms with E-state index in [9.17, 15) is 18.0 Å². The van der Waals surface area contributed by atoms with Gasteiger partial charge in [-0.25, -0.2) is 4.79 Å². The van der Waals surface area contributed by atoms with Crippen molar-refractivity contribution >= 4 is 17.3 Å². The molecule has 0 heterocycles. The molecule has 3 N–H and O–H groups in total. The summed E-state index contributed by atoms with van der Waals surface area (Å²) in [6.45, 7) is 1.15. The molecule has 0 spiro atoms. The van der Waals surface area contributed by atoms with Crippen LogP contribution in [-0.2, 0) is 4.74 Å². The summed E-state index contributed by atoms with van der Waals surface area (Å²) in [5.41, 5.74) is 6.66. The van der Waals surface area contributed by atoms with Crippen LogP contribution in [-0.4, -0.2) is 43.6 Å². The monoisotopic (exact) mass is 306 g/mol. The quantitative estimate of drug-likeness (QED) is 0.597. The van der Waals surface area contributed by atoms with E-state index in [0.717, 1.165) is 0 Å². The molecule has 0 aliphatic rings. The average molecular weight is 306 g/mol. The second-order valence-electron chi connectivity index (χ2n) is 4.33. The van der Waals surface area contributed by atoms with Crippen LogP contribution in [0.15, 0.2) is 18.2 Å². The Hall–Kier alpha value is -1.96. The highest BCUT2D eigenvalue weighted by Gasteiger charge is 2.27. The van der Waals surface area contributed by atoms with Gasteiger partial charge in [0.25, 0.3) is 0 Å². The molecule has 0 saturated carbocycles. The second-order valence-corrected chi connectivity index (χ2v) is 4.33. The lowest BCUT2D eigenvalue weighted by molar-refractivity contribution is -0.173. The van der Waals surface area contributed by atoms with E-state index in [0.29, 0.717) is 12.2 Å². The lowest BCUT2D eigenvalue weighted by atomic mass is 10.1. The molecule has 5 nitrogen and oxygen atoms in total. The first-order chi connectivity index (χ1) is 9.74. The predicted molar refractivity (Wildman–Crippen MR) is 72.6 cm³/mol. The molecule has 0 atom stereocenters. The third kappa shape index (κ3) is 5.50. The van der Waals surface area contributed by atoms with Crippen molar-refractivity contribution in [1.29, 1.82) is 0 Å². The first-order valence-corrected chi connectivity index (χ1v) is 6.27. The average Bonchev–Trinajstić information content (AvgIpc) is 2.38. The Bertz CT molecular complexity index is 492. The summed E-state index contributed by atoms with van der Waals surface area (Å²) in [5, 5.41) is 8.85. The molecule has 0 aliphatic carbocycles. The number of likely N-dealkylation sites (N-methyl/N-ethyl adjacent to an activating group) is 1. The fraction of sp³-hybridized carbons (Fsp3) is 0.462. The van der Waals surface area contributed by atoms with Crippen LogP contribution in [0, 0.1) is 0 Å². The van der Waals surface area contributed by atoms with Gasteiger partial charge in [-0.1, -0.05) is 0 Å². The van der Waals surface area contributed by atoms with Gasteiger partial charge in [-0.15, -0.1) is 0 Å². The largest absolute Gasteiger partial charge is 0.478 e. The fourth-order valence-corrected chi connectivity index (χ4v) is 1.79. The number of alkyl halides is 3. The van der Waals surface area contributed by atoms with E-state index in [1.165, 1.54) is 18.2 Å². The topological polar surface area (TPSA) is 75.8 Å². The number of aromatic carboxylic acids is 1. The molecular formula is C13H17F3N2O3. The summed E-state index contributed by atoms with van der Waals surface area (Å²) in [5.74, 6) is -1.09. The van der Waals surface area contributed by atoms with Gasteiger partial charge >= 0.3 is 12.1 Å². The zero-order valence-electron chi connectivity index (χ0n) is 11.5. The number of halogens is 3. The summed E-state index contributed by atoms with van der Waals surface area (Å²) in [6, 6.07) is 4.25. The summed E-state index contributed by atoms with van der Waals surface area (Å²) >= 11 is 0. The van der Waals surface area contributed by atoms with Gasteiger partial charge in [-0.2, -0.15) is 13.2 Å². The van der Waals surface area contributed by atoms with Crippen molar-refractivity contribution in [2.24, 2.45) is 0 Å². The van der Waals surface area contributed by atoms with Gasteiger partial charge in [0, 0.05) is 13.1 Å². The van der Waals surface area contributed by atoms with Gasteiger partial charge in [0.15, 0.2) is 0 Å². The predicted octanol–water partition coefficient (Wildman–Crippen LogP) is 2.37. The number of nitrogens with two attached hydrogens (primary N) is 1. The smallest absolute Gasteiger partial charge is 0.411 e. The Kier molecular flexibility index (Phi) is 5.83. The van der Waals surface area contributed by atoms with Crippen molar-refractivity contribution in [3.05, 3.63) is 23.8 Å². The number of hydrogen-bond acceptors (Lipinski definition) is 4. The van der Waals surface area contributed by atoms with Crippen molar-refractivity contribution in [1.82, 2.24) is 0 Å². The molecular weight excluding hydrogens is 289 g/mol. The van der Waals surface area contributed by atoms with Gasteiger partial charge in [0.05, 0.1) is 23.5 Å². The number of anilines is 2. The molecule has 0 fully saturated rings. The SMILES string of the molecule is CCN(CCOCC(F)(F)F)c1ccc(C(=O)O)cc1N. The van der Waals surface area contributed by atoms with E-state index in [-0.39, 0.29) is 24.4 Å². The number of ether oxygens (including phenoxy) is 1. The highest BCUT2D eigenvalue weighted by molar-refractivity contribution is 5.90. The van der Waals surface area contributed by atoms with E-state index in [4.69, 9.17) is 10.8 Å². The first kappa shape index (κ1) is 17.1. The summed E-state index contributed by atoms with van der Waals surface area (Å²) in [7, 11) is 0. The normalized spacial score (nSPS) is 11.4. The Balaban J connectivity index is 2.66. The molecule has 21 heavy (non-hydrogen) atoms. The van der Waals surface area contributed by atoms with Crippen molar-refractivity contribution in [2.75, 3.05) is 36.9 Å². The van der Waals surface area contributed by atoms with Crippen molar-refractivity contribution in [2.45, 2.75) is 13.1 Å². The molecule has 0 amide bonds. The number of nitrogens with zero attached hydrogens (tertiary/aromatic N) is 1. The van der Waals surface area contributed by atoms with E-state index < -0.39 is 18.8 Å². The van der Waals surface area contributed by atoms with Gasteiger partial charge in [0.2, 0.25) is 0 Å². The van der Waals surface area contributed by atoms with Crippen LogP contribution < -0.4 is 10.6 Å². The van der Waals surface area contributed by atoms with Crippen LogP contribution in [0.2, 0.25) is 0 Å². The maximum absolute atomic E-state index is 12.0. The Morgan fingerprint density at radius 1 is 1.43 bits per heavy atom. The van der Waals surface area contributed by atoms with Gasteiger partial charge < -0.3 is 20.5 Å². The number of rotatable bonds is 7. The lowest BCUT2D eigenvalue weighted by Crippen LogP contribution is -2.29. The van der Waals surface area contributed by atoms with Gasteiger partial charge in [-0.3, -0.25) is 0 Å². The first-order valence-electron chi connectivity index (χ1n) is 6.27. The molecule has 0 aromatic heterocycles. The van der Waals surface area contributed by atoms with E-state index in [1.807, 2.05) is 6.92 Å². The Morgan fingerprint density at radius 3 is 2.57 bits per heavy atom. The highest BCUT2D eigenvalue weighted by atomic mass is 19.4. The summed E-state index contributed by atoms with van der Waals surface area (Å²) in [6.07, 6.45) is -4.35. The van der Waals surface area contributed by atoms with Crippen molar-refractivity contribution in [3.8, 4) is 0 Å². The molecule has 1 rings (SSSR count). The lowest BCUT2D eigenvalue weighted by Gasteiger charge is -2.24. The highest BCUT2D eigenvalue weighted by Crippen LogP contribution is 2.24. The third-order valence-corrected chi connectivity index (χ3v) is 2.77. The molecule has 0 aliphatic heterocycles. The van der Waals surface area contributed by atoms with E-state index in [2.05, 4.69) is 4.74 Å². The molecule has 1 aromatic rings. The fourth-order valence-electron chi connectivity index (χ4n) is 1.79. The van der Waals surface area contributed by atoms with Crippen LogP contribution in [0.1, 0.15) is 17.3 Å². The minimum Gasteiger partial charge on any atom is -0.478 e. The number of benzene rings is 1. The zero-order valence-corrected chi connectivity index (χ0v) is 11.5. The van der Waals surface area contributed by atoms with Crippen LogP contribution in [0.3, 0.4) is 0 Å². The Morgan fingerprint density at radius 2 is 2.10 bits per heavy atom. The molecule has 0 radical (unpaired) electrons. The third-order valence-electron chi connectivity index (χ3n) is 2.77. The second kappa shape index (κ2) is 7.16. The number of carboxylic acids is 1. The Labute approximate surface area is 120 Å². The molecule has 8 heteroatoms. The number of nitrogen functional groups attached to an aromatic ring is 1. The van der Waals surface area contributed by atoms with E-state index >= 15 is 0 Å². The van der Waals surface area contributed by atoms with Crippen LogP contribution in [0.25, 0.3) is 0 Å². The maximum atomic E-state index is 12.0. The molecule has 0 unspecified atom stereocenters. The minimum atomic E-state index is -4.35. The maximum Gasteiger partial charge on any atom is 0.411 e. The number of carboxylic acid groups (broad SMARTS) is 1. The standard InChI is InChI=1S/C13H17F3N2O3/c1-2-18(5-6-21-8-13(14,15)16)11-4-3-9(12(19)20)7-10(11)17/h3-4,7H,2,5-6,8,17H2,1H3,(H,19,20). The summed E-state index contributed by atoms with van der Waals surface area (Å²) in [4.78, 5) is 12.5. The zero-order chi connectivity index (χ0) is 16.0. The van der Waals surface area contributed by atoms with Crippen molar-refractivity contribution < 1.29 is 27.8 Å².